The average Bonchev–Trinajstić information content (AvgIpc) is 2.42. The van der Waals surface area contributed by atoms with Gasteiger partial charge in [0.15, 0.2) is 0 Å². The summed E-state index contributed by atoms with van der Waals surface area (Å²) in [7, 11) is 0. The second-order valence-electron chi connectivity index (χ2n) is 4.93. The van der Waals surface area contributed by atoms with Gasteiger partial charge in [-0.05, 0) is 36.8 Å². The molecule has 1 rings (SSSR count). The number of likely N-dealkylation sites (tertiary alicyclic amines) is 1. The number of nitrogens with two attached hydrogens (primary N) is 1. The Morgan fingerprint density at radius 2 is 2.21 bits per heavy atom. The summed E-state index contributed by atoms with van der Waals surface area (Å²) in [4.78, 5) is 24.6. The van der Waals surface area contributed by atoms with Crippen molar-refractivity contribution in [2.24, 2.45) is 11.7 Å². The van der Waals surface area contributed by atoms with Gasteiger partial charge in [-0.1, -0.05) is 6.92 Å². The van der Waals surface area contributed by atoms with Gasteiger partial charge in [0.25, 0.3) is 0 Å². The summed E-state index contributed by atoms with van der Waals surface area (Å²) in [6.07, 6.45) is 0.923. The van der Waals surface area contributed by atoms with E-state index in [1.807, 2.05) is 0 Å². The van der Waals surface area contributed by atoms with Crippen LogP contribution in [0.4, 0.5) is 8.78 Å². The van der Waals surface area contributed by atoms with E-state index < -0.39 is 23.8 Å². The summed E-state index contributed by atoms with van der Waals surface area (Å²) in [5.41, 5.74) is 5.25. The molecule has 110 valence electrons. The van der Waals surface area contributed by atoms with Gasteiger partial charge in [-0.15, -0.1) is 0 Å². The molecule has 1 saturated heterocycles. The lowest BCUT2D eigenvalue weighted by molar-refractivity contribution is -0.139. The zero-order chi connectivity index (χ0) is 14.6. The molecule has 2 amide bonds. The number of hydrogen-bond donors (Lipinski definition) is 1. The lowest BCUT2D eigenvalue weighted by Crippen LogP contribution is -2.47. The summed E-state index contributed by atoms with van der Waals surface area (Å²) in [5, 5.41) is -3.24. The smallest absolute Gasteiger partial charge is 0.321 e. The maximum Gasteiger partial charge on any atom is 0.321 e. The van der Waals surface area contributed by atoms with Gasteiger partial charge < -0.3 is 10.6 Å². The van der Waals surface area contributed by atoms with Crippen molar-refractivity contribution in [1.82, 2.24) is 4.90 Å². The van der Waals surface area contributed by atoms with Crippen molar-refractivity contribution in [1.29, 1.82) is 0 Å². The van der Waals surface area contributed by atoms with Crippen LogP contribution in [0.25, 0.3) is 0 Å². The van der Waals surface area contributed by atoms with Crippen molar-refractivity contribution in [2.45, 2.75) is 50.5 Å². The molecule has 0 aromatic heterocycles. The highest BCUT2D eigenvalue weighted by atomic mass is 35.5. The molecule has 0 aliphatic carbocycles. The molecule has 1 aliphatic rings. The van der Waals surface area contributed by atoms with Crippen molar-refractivity contribution in [3.63, 3.8) is 0 Å². The van der Waals surface area contributed by atoms with Crippen molar-refractivity contribution < 1.29 is 18.4 Å². The van der Waals surface area contributed by atoms with Gasteiger partial charge in [-0.25, -0.2) is 0 Å². The average molecular weight is 297 g/mol. The summed E-state index contributed by atoms with van der Waals surface area (Å²) < 4.78 is 25.6. The third kappa shape index (κ3) is 4.93. The first-order chi connectivity index (χ1) is 8.74. The van der Waals surface area contributed by atoms with Gasteiger partial charge in [0.05, 0.1) is 0 Å². The van der Waals surface area contributed by atoms with E-state index >= 15 is 0 Å². The Labute approximate surface area is 116 Å². The van der Waals surface area contributed by atoms with Crippen LogP contribution in [0.3, 0.4) is 0 Å². The molecule has 4 nitrogen and oxygen atoms in total. The van der Waals surface area contributed by atoms with Crippen molar-refractivity contribution in [3.05, 3.63) is 0 Å². The molecule has 7 heteroatoms. The maximum absolute atomic E-state index is 12.8. The van der Waals surface area contributed by atoms with E-state index in [2.05, 4.69) is 0 Å². The fourth-order valence-electron chi connectivity index (χ4n) is 2.50. The van der Waals surface area contributed by atoms with E-state index in [0.717, 1.165) is 0 Å². The molecule has 0 saturated carbocycles. The predicted octanol–water partition coefficient (Wildman–Crippen LogP) is 2.10. The Kier molecular flexibility index (Phi) is 5.52. The van der Waals surface area contributed by atoms with Crippen LogP contribution < -0.4 is 5.73 Å². The monoisotopic (exact) mass is 296 g/mol. The highest BCUT2D eigenvalue weighted by Gasteiger charge is 2.34. The molecule has 2 atom stereocenters. The first-order valence-electron chi connectivity index (χ1n) is 6.40. The van der Waals surface area contributed by atoms with Crippen molar-refractivity contribution >= 4 is 23.4 Å². The molecule has 0 radical (unpaired) electrons. The number of carbonyl (C=O) groups excluding carboxylic acids is 2. The third-order valence-corrected chi connectivity index (χ3v) is 3.63. The highest BCUT2D eigenvalue weighted by Crippen LogP contribution is 2.33. The van der Waals surface area contributed by atoms with Crippen molar-refractivity contribution in [2.75, 3.05) is 6.54 Å². The molecule has 1 fully saturated rings. The molecule has 0 aromatic carbocycles. The van der Waals surface area contributed by atoms with Crippen LogP contribution in [0.1, 0.15) is 39.0 Å². The van der Waals surface area contributed by atoms with E-state index in [4.69, 9.17) is 17.3 Å². The highest BCUT2D eigenvalue weighted by molar-refractivity contribution is 6.21. The zero-order valence-electron chi connectivity index (χ0n) is 10.9. The number of primary amides is 1. The summed E-state index contributed by atoms with van der Waals surface area (Å²) in [5.74, 6) is -1.07. The van der Waals surface area contributed by atoms with Gasteiger partial charge in [-0.2, -0.15) is 8.78 Å². The van der Waals surface area contributed by atoms with Gasteiger partial charge in [-0.3, -0.25) is 9.59 Å². The first kappa shape index (κ1) is 16.1. The number of rotatable bonds is 5. The molecule has 0 aromatic rings. The zero-order valence-corrected chi connectivity index (χ0v) is 11.6. The lowest BCUT2D eigenvalue weighted by Gasteiger charge is -2.27. The normalized spacial score (nSPS) is 23.1. The van der Waals surface area contributed by atoms with Crippen LogP contribution in [0.15, 0.2) is 0 Å². The third-order valence-electron chi connectivity index (χ3n) is 3.48. The molecule has 2 unspecified atom stereocenters. The summed E-state index contributed by atoms with van der Waals surface area (Å²) >= 11 is 4.93. The molecule has 1 aliphatic heterocycles. The standard InChI is InChI=1S/C12H19ClF2N2O2/c1-2-9(11(16)19)17-6-5-8(3-4-10(17)18)7-12(13,14)15/h8-9H,2-7H2,1H3,(H2,16,19). The number of amides is 2. The van der Waals surface area contributed by atoms with Crippen LogP contribution in [0, 0.1) is 5.92 Å². The molecule has 19 heavy (non-hydrogen) atoms. The molecule has 2 N–H and O–H groups in total. The Morgan fingerprint density at radius 3 is 2.68 bits per heavy atom. The Bertz CT molecular complexity index is 347. The Morgan fingerprint density at radius 1 is 1.58 bits per heavy atom. The van der Waals surface area contributed by atoms with E-state index in [1.165, 1.54) is 4.90 Å². The summed E-state index contributed by atoms with van der Waals surface area (Å²) in [6.45, 7) is 2.04. The molecular weight excluding hydrogens is 278 g/mol. The minimum Gasteiger partial charge on any atom is -0.368 e. The van der Waals surface area contributed by atoms with Crippen LogP contribution in [0.5, 0.6) is 0 Å². The minimum atomic E-state index is -3.24. The molecule has 1 heterocycles. The van der Waals surface area contributed by atoms with E-state index in [0.29, 0.717) is 19.3 Å². The molecule has 0 bridgehead atoms. The number of halogens is 3. The van der Waals surface area contributed by atoms with Crippen LogP contribution in [0.2, 0.25) is 0 Å². The second kappa shape index (κ2) is 6.50. The molecular formula is C12H19ClF2N2O2. The molecule has 0 spiro atoms. The van der Waals surface area contributed by atoms with E-state index in [-0.39, 0.29) is 24.8 Å². The van der Waals surface area contributed by atoms with Gasteiger partial charge in [0.1, 0.15) is 6.04 Å². The second-order valence-corrected chi connectivity index (χ2v) is 5.48. The van der Waals surface area contributed by atoms with Crippen LogP contribution in [-0.4, -0.2) is 34.7 Å². The van der Waals surface area contributed by atoms with Gasteiger partial charge in [0, 0.05) is 19.4 Å². The SMILES string of the molecule is CCC(C(N)=O)N1CCC(CC(F)(F)Cl)CCC1=O. The maximum atomic E-state index is 12.8. The lowest BCUT2D eigenvalue weighted by atomic mass is 9.97. The Balaban J connectivity index is 2.69. The number of carbonyl (C=O) groups is 2. The van der Waals surface area contributed by atoms with E-state index in [9.17, 15) is 18.4 Å². The van der Waals surface area contributed by atoms with Gasteiger partial charge >= 0.3 is 5.38 Å². The number of nitrogens with zero attached hydrogens (tertiary/aromatic N) is 1. The van der Waals surface area contributed by atoms with Crippen molar-refractivity contribution in [3.8, 4) is 0 Å². The fraction of sp³-hybridized carbons (Fsp3) is 0.833. The number of alkyl halides is 3. The number of hydrogen-bond acceptors (Lipinski definition) is 2. The fourth-order valence-corrected chi connectivity index (χ4v) is 2.72. The quantitative estimate of drug-likeness (QED) is 0.790. The minimum absolute atomic E-state index is 0.154. The largest absolute Gasteiger partial charge is 0.368 e. The topological polar surface area (TPSA) is 63.4 Å². The van der Waals surface area contributed by atoms with E-state index in [1.54, 1.807) is 6.92 Å². The first-order valence-corrected chi connectivity index (χ1v) is 6.78. The van der Waals surface area contributed by atoms with Crippen LogP contribution in [-0.2, 0) is 9.59 Å². The van der Waals surface area contributed by atoms with Gasteiger partial charge in [0.2, 0.25) is 11.8 Å². The predicted molar refractivity (Wildman–Crippen MR) is 67.7 cm³/mol. The Hall–Kier alpha value is -0.910. The van der Waals surface area contributed by atoms with Crippen LogP contribution >= 0.6 is 11.6 Å². The summed E-state index contributed by atoms with van der Waals surface area (Å²) in [6, 6.07) is -0.650.